The van der Waals surface area contributed by atoms with Gasteiger partial charge in [-0.15, -0.1) is 0 Å². The Hall–Kier alpha value is -4.34. The zero-order chi connectivity index (χ0) is 23.3. The monoisotopic (exact) mass is 446 g/mol. The van der Waals surface area contributed by atoms with Crippen molar-refractivity contribution in [2.45, 2.75) is 12.1 Å². The zero-order valence-corrected chi connectivity index (χ0v) is 17.4. The first-order valence-electron chi connectivity index (χ1n) is 10.2. The molecule has 33 heavy (non-hydrogen) atoms. The smallest absolute Gasteiger partial charge is 0.270 e. The van der Waals surface area contributed by atoms with Gasteiger partial charge in [0.05, 0.1) is 35.6 Å². The molecule has 0 aliphatic carbocycles. The highest BCUT2D eigenvalue weighted by Crippen LogP contribution is 2.46. The molecule has 4 atom stereocenters. The van der Waals surface area contributed by atoms with Crippen LogP contribution in [0, 0.1) is 22.0 Å². The fourth-order valence-electron chi connectivity index (χ4n) is 4.77. The number of amides is 2. The first-order chi connectivity index (χ1) is 15.9. The number of nitro benzene ring substituents is 1. The molecule has 10 heteroatoms. The van der Waals surface area contributed by atoms with Crippen LogP contribution in [0.3, 0.4) is 0 Å². The van der Waals surface area contributed by atoms with E-state index in [9.17, 15) is 24.5 Å². The van der Waals surface area contributed by atoms with E-state index in [0.717, 1.165) is 4.90 Å². The summed E-state index contributed by atoms with van der Waals surface area (Å²) in [6, 6.07) is 10.2. The molecule has 5 rings (SSSR count). The van der Waals surface area contributed by atoms with E-state index in [0.29, 0.717) is 11.4 Å². The Balaban J connectivity index is 1.55. The highest BCUT2D eigenvalue weighted by Gasteiger charge is 2.64. The lowest BCUT2D eigenvalue weighted by molar-refractivity contribution is -0.384. The van der Waals surface area contributed by atoms with E-state index in [1.165, 1.54) is 42.6 Å². The minimum Gasteiger partial charge on any atom is -0.497 e. The number of nitro groups is 1. The van der Waals surface area contributed by atoms with Crippen molar-refractivity contribution in [3.63, 3.8) is 0 Å². The van der Waals surface area contributed by atoms with Crippen LogP contribution >= 0.6 is 0 Å². The van der Waals surface area contributed by atoms with Crippen LogP contribution in [0.2, 0.25) is 0 Å². The second-order valence-electron chi connectivity index (χ2n) is 7.90. The number of hydrogen-bond acceptors (Lipinski definition) is 8. The summed E-state index contributed by atoms with van der Waals surface area (Å²) in [6.45, 7) is 0. The number of benzene rings is 2. The largest absolute Gasteiger partial charge is 0.497 e. The number of carbonyl (C=O) groups excluding carboxylic acids is 3. The molecular weight excluding hydrogens is 428 g/mol. The number of anilines is 1. The topological polar surface area (TPSA) is 122 Å². The van der Waals surface area contributed by atoms with Crippen LogP contribution < -0.4 is 9.64 Å². The van der Waals surface area contributed by atoms with E-state index in [1.54, 1.807) is 36.4 Å². The number of allylic oxidation sites excluding steroid dienone is 1. The lowest BCUT2D eigenvalue weighted by Crippen LogP contribution is -2.46. The van der Waals surface area contributed by atoms with Gasteiger partial charge >= 0.3 is 0 Å². The predicted molar refractivity (Wildman–Crippen MR) is 117 cm³/mol. The molecule has 2 aromatic rings. The molecule has 0 radical (unpaired) electrons. The second-order valence-corrected chi connectivity index (χ2v) is 7.90. The van der Waals surface area contributed by atoms with Gasteiger partial charge in [0.15, 0.2) is 5.78 Å². The Kier molecular flexibility index (Phi) is 4.77. The van der Waals surface area contributed by atoms with Crippen LogP contribution in [0.25, 0.3) is 0 Å². The van der Waals surface area contributed by atoms with Gasteiger partial charge in [-0.1, -0.05) is 18.2 Å². The van der Waals surface area contributed by atoms with Crippen LogP contribution in [0.5, 0.6) is 5.75 Å². The Bertz CT molecular complexity index is 1240. The average molecular weight is 446 g/mol. The third-order valence-corrected chi connectivity index (χ3v) is 6.23. The molecule has 0 saturated carbocycles. The van der Waals surface area contributed by atoms with Crippen LogP contribution in [0.15, 0.2) is 65.8 Å². The number of nitrogens with zero attached hydrogens (tertiary/aromatic N) is 4. The third kappa shape index (κ3) is 3.10. The maximum absolute atomic E-state index is 13.5. The van der Waals surface area contributed by atoms with Gasteiger partial charge < -0.3 is 4.74 Å². The zero-order valence-electron chi connectivity index (χ0n) is 17.4. The Labute approximate surface area is 187 Å². The molecule has 2 amide bonds. The third-order valence-electron chi connectivity index (χ3n) is 6.23. The molecule has 0 unspecified atom stereocenters. The first kappa shape index (κ1) is 20.6. The quantitative estimate of drug-likeness (QED) is 0.299. The predicted octanol–water partition coefficient (Wildman–Crippen LogP) is 2.20. The molecule has 3 aliphatic rings. The van der Waals surface area contributed by atoms with E-state index in [4.69, 9.17) is 4.74 Å². The molecule has 166 valence electrons. The van der Waals surface area contributed by atoms with Crippen LogP contribution in [0.4, 0.5) is 11.4 Å². The molecular formula is C23H18N4O6. The number of ether oxygens (including phenoxy) is 1. The highest BCUT2D eigenvalue weighted by molar-refractivity contribution is 6.24. The summed E-state index contributed by atoms with van der Waals surface area (Å²) in [7, 11) is 1.51. The average Bonchev–Trinajstić information content (AvgIpc) is 3.31. The number of Topliss-reactive ketones (excluding diaryl/α,β-unsaturated/α-hetero) is 1. The van der Waals surface area contributed by atoms with Crippen molar-refractivity contribution < 1.29 is 24.0 Å². The summed E-state index contributed by atoms with van der Waals surface area (Å²) in [5.41, 5.74) is 0.237. The molecule has 0 N–H and O–H groups in total. The van der Waals surface area contributed by atoms with Gasteiger partial charge in [-0.25, -0.2) is 4.90 Å². The number of carbonyl (C=O) groups is 3. The van der Waals surface area contributed by atoms with Crippen molar-refractivity contribution in [2.75, 3.05) is 12.0 Å². The number of fused-ring (bicyclic) bond motifs is 3. The molecule has 3 aliphatic heterocycles. The van der Waals surface area contributed by atoms with Gasteiger partial charge in [0.1, 0.15) is 11.8 Å². The summed E-state index contributed by atoms with van der Waals surface area (Å²) in [5.74, 6) is -2.62. The van der Waals surface area contributed by atoms with Crippen LogP contribution in [-0.2, 0) is 9.59 Å². The van der Waals surface area contributed by atoms with E-state index in [2.05, 4.69) is 5.10 Å². The molecule has 10 nitrogen and oxygen atoms in total. The minimum atomic E-state index is -1.07. The molecule has 3 heterocycles. The van der Waals surface area contributed by atoms with Crippen LogP contribution in [-0.4, -0.2) is 52.9 Å². The van der Waals surface area contributed by atoms with E-state index < -0.39 is 46.4 Å². The summed E-state index contributed by atoms with van der Waals surface area (Å²) in [5, 5.41) is 16.9. The SMILES string of the molecule is COc1ccc(N2C(=O)[C@@H]3[C@H](C2=O)[C@@H](C(=O)c2cccc([N+](=O)[O-])c2)N2N=CC=C[C@H]32)cc1. The minimum absolute atomic E-state index is 0.0847. The first-order valence-corrected chi connectivity index (χ1v) is 10.2. The van der Waals surface area contributed by atoms with Gasteiger partial charge in [-0.05, 0) is 30.3 Å². The van der Waals surface area contributed by atoms with E-state index in [-0.39, 0.29) is 11.3 Å². The molecule has 0 aromatic heterocycles. The summed E-state index contributed by atoms with van der Waals surface area (Å²) < 4.78 is 5.14. The van der Waals surface area contributed by atoms with Crippen molar-refractivity contribution in [3.05, 3.63) is 76.4 Å². The van der Waals surface area contributed by atoms with Crippen molar-refractivity contribution in [3.8, 4) is 5.75 Å². The van der Waals surface area contributed by atoms with Crippen molar-refractivity contribution in [1.82, 2.24) is 5.01 Å². The van der Waals surface area contributed by atoms with E-state index in [1.807, 2.05) is 0 Å². The molecule has 0 spiro atoms. The highest BCUT2D eigenvalue weighted by atomic mass is 16.6. The maximum atomic E-state index is 13.5. The summed E-state index contributed by atoms with van der Waals surface area (Å²) in [4.78, 5) is 52.2. The number of imide groups is 1. The number of rotatable bonds is 5. The number of non-ortho nitro benzene ring substituents is 1. The molecule has 2 aromatic carbocycles. The molecule has 0 bridgehead atoms. The Morgan fingerprint density at radius 3 is 2.52 bits per heavy atom. The van der Waals surface area contributed by atoms with Gasteiger partial charge in [-0.3, -0.25) is 29.5 Å². The van der Waals surface area contributed by atoms with Gasteiger partial charge in [0.25, 0.3) is 5.69 Å². The van der Waals surface area contributed by atoms with E-state index >= 15 is 0 Å². The molecule has 2 saturated heterocycles. The molecule has 2 fully saturated rings. The number of hydrogen-bond donors (Lipinski definition) is 0. The van der Waals surface area contributed by atoms with Crippen molar-refractivity contribution in [2.24, 2.45) is 16.9 Å². The fraction of sp³-hybridized carbons (Fsp3) is 0.217. The number of hydrazone groups is 1. The van der Waals surface area contributed by atoms with Crippen molar-refractivity contribution >= 4 is 35.2 Å². The Morgan fingerprint density at radius 1 is 1.09 bits per heavy atom. The van der Waals surface area contributed by atoms with Gasteiger partial charge in [0.2, 0.25) is 11.8 Å². The lowest BCUT2D eigenvalue weighted by Gasteiger charge is -2.30. The maximum Gasteiger partial charge on any atom is 0.270 e. The van der Waals surface area contributed by atoms with Crippen LogP contribution in [0.1, 0.15) is 10.4 Å². The number of methoxy groups -OCH3 is 1. The summed E-state index contributed by atoms with van der Waals surface area (Å²) >= 11 is 0. The van der Waals surface area contributed by atoms with Gasteiger partial charge in [0, 0.05) is 23.9 Å². The number of ketones is 1. The lowest BCUT2D eigenvalue weighted by atomic mass is 9.86. The standard InChI is InChI=1S/C23H18N4O6/c1-33-16-9-7-14(8-10-16)25-22(29)18-17-6-3-11-24-26(17)20(19(18)23(25)30)21(28)13-4-2-5-15(12-13)27(31)32/h2-12,17-20H,1H3/t17-,18+,19+,20+/m1/s1. The van der Waals surface area contributed by atoms with Gasteiger partial charge in [-0.2, -0.15) is 5.10 Å². The summed E-state index contributed by atoms with van der Waals surface area (Å²) in [6.07, 6.45) is 4.90. The normalized spacial score (nSPS) is 25.2. The second kappa shape index (κ2) is 7.66. The fourth-order valence-corrected chi connectivity index (χ4v) is 4.77. The Morgan fingerprint density at radius 2 is 1.82 bits per heavy atom. The van der Waals surface area contributed by atoms with Crippen molar-refractivity contribution in [1.29, 1.82) is 0 Å².